The van der Waals surface area contributed by atoms with Gasteiger partial charge in [-0.15, -0.1) is 0 Å². The lowest BCUT2D eigenvalue weighted by atomic mass is 10.0. The highest BCUT2D eigenvalue weighted by molar-refractivity contribution is 6.01. The van der Waals surface area contributed by atoms with E-state index in [4.69, 9.17) is 0 Å². The summed E-state index contributed by atoms with van der Waals surface area (Å²) in [6.45, 7) is 9.91. The SMILES string of the molecule is CCN1CCc2ccc(NC(=O)C(NC(=O)c3cccc(C)c3)C(C)C)cc21. The van der Waals surface area contributed by atoms with Crippen molar-refractivity contribution in [3.8, 4) is 0 Å². The summed E-state index contributed by atoms with van der Waals surface area (Å²) in [7, 11) is 0. The number of hydrogen-bond acceptors (Lipinski definition) is 3. The van der Waals surface area contributed by atoms with Crippen LogP contribution in [0.3, 0.4) is 0 Å². The highest BCUT2D eigenvalue weighted by Gasteiger charge is 2.25. The average molecular weight is 380 g/mol. The average Bonchev–Trinajstić information content (AvgIpc) is 3.07. The third-order valence-corrected chi connectivity index (χ3v) is 5.24. The molecule has 148 valence electrons. The molecule has 0 aliphatic carbocycles. The van der Waals surface area contributed by atoms with Crippen molar-refractivity contribution < 1.29 is 9.59 Å². The molecule has 0 radical (unpaired) electrons. The van der Waals surface area contributed by atoms with Crippen molar-refractivity contribution >= 4 is 23.2 Å². The molecule has 5 heteroatoms. The molecule has 28 heavy (non-hydrogen) atoms. The number of anilines is 2. The second-order valence-corrected chi connectivity index (χ2v) is 7.73. The van der Waals surface area contributed by atoms with Crippen molar-refractivity contribution in [2.75, 3.05) is 23.3 Å². The van der Waals surface area contributed by atoms with Crippen molar-refractivity contribution in [1.29, 1.82) is 0 Å². The fraction of sp³-hybridized carbons (Fsp3) is 0.391. The predicted molar refractivity (Wildman–Crippen MR) is 114 cm³/mol. The van der Waals surface area contributed by atoms with Crippen molar-refractivity contribution in [3.05, 3.63) is 59.2 Å². The number of likely N-dealkylation sites (N-methyl/N-ethyl adjacent to an activating group) is 1. The van der Waals surface area contributed by atoms with Gasteiger partial charge in [-0.3, -0.25) is 9.59 Å². The van der Waals surface area contributed by atoms with Gasteiger partial charge in [0.1, 0.15) is 6.04 Å². The molecule has 0 saturated heterocycles. The zero-order valence-electron chi connectivity index (χ0n) is 17.1. The molecule has 1 atom stereocenters. The van der Waals surface area contributed by atoms with Crippen LogP contribution in [0.15, 0.2) is 42.5 Å². The smallest absolute Gasteiger partial charge is 0.251 e. The predicted octanol–water partition coefficient (Wildman–Crippen LogP) is 3.77. The molecule has 0 saturated carbocycles. The number of amides is 2. The number of nitrogens with zero attached hydrogens (tertiary/aromatic N) is 1. The van der Waals surface area contributed by atoms with Crippen molar-refractivity contribution in [2.45, 2.75) is 40.2 Å². The maximum Gasteiger partial charge on any atom is 0.251 e. The third kappa shape index (κ3) is 4.35. The molecule has 1 heterocycles. The van der Waals surface area contributed by atoms with Gasteiger partial charge in [0.2, 0.25) is 5.91 Å². The molecule has 1 aliphatic rings. The topological polar surface area (TPSA) is 61.4 Å². The first kappa shape index (κ1) is 19.9. The third-order valence-electron chi connectivity index (χ3n) is 5.24. The molecule has 2 amide bonds. The van der Waals surface area contributed by atoms with Crippen molar-refractivity contribution in [1.82, 2.24) is 5.32 Å². The molecule has 5 nitrogen and oxygen atoms in total. The van der Waals surface area contributed by atoms with Gasteiger partial charge in [-0.05, 0) is 56.0 Å². The van der Waals surface area contributed by atoms with Crippen LogP contribution in [0.2, 0.25) is 0 Å². The maximum atomic E-state index is 12.9. The molecule has 1 unspecified atom stereocenters. The lowest BCUT2D eigenvalue weighted by Gasteiger charge is -2.22. The Morgan fingerprint density at radius 3 is 2.61 bits per heavy atom. The first-order valence-corrected chi connectivity index (χ1v) is 9.95. The number of carbonyl (C=O) groups excluding carboxylic acids is 2. The number of hydrogen-bond donors (Lipinski definition) is 2. The number of benzene rings is 2. The largest absolute Gasteiger partial charge is 0.371 e. The summed E-state index contributed by atoms with van der Waals surface area (Å²) in [5, 5.41) is 5.88. The molecule has 0 aromatic heterocycles. The Labute approximate surface area is 167 Å². The summed E-state index contributed by atoms with van der Waals surface area (Å²) in [4.78, 5) is 27.8. The van der Waals surface area contributed by atoms with Gasteiger partial charge in [-0.25, -0.2) is 0 Å². The molecule has 2 aromatic rings. The van der Waals surface area contributed by atoms with Crippen molar-refractivity contribution in [2.24, 2.45) is 5.92 Å². The number of carbonyl (C=O) groups is 2. The first-order valence-electron chi connectivity index (χ1n) is 9.95. The van der Waals surface area contributed by atoms with Gasteiger partial charge in [0.15, 0.2) is 0 Å². The van der Waals surface area contributed by atoms with Crippen LogP contribution in [0.5, 0.6) is 0 Å². The van der Waals surface area contributed by atoms with Gasteiger partial charge in [0.25, 0.3) is 5.91 Å². The molecule has 0 bridgehead atoms. The molecule has 3 rings (SSSR count). The number of rotatable bonds is 6. The van der Waals surface area contributed by atoms with Crippen LogP contribution in [0.1, 0.15) is 42.3 Å². The lowest BCUT2D eigenvalue weighted by Crippen LogP contribution is -2.47. The second-order valence-electron chi connectivity index (χ2n) is 7.73. The van der Waals surface area contributed by atoms with Crippen molar-refractivity contribution in [3.63, 3.8) is 0 Å². The summed E-state index contributed by atoms with van der Waals surface area (Å²) >= 11 is 0. The molecular formula is C23H29N3O2. The quantitative estimate of drug-likeness (QED) is 0.803. The molecule has 0 fully saturated rings. The van der Waals surface area contributed by atoms with E-state index < -0.39 is 6.04 Å². The number of fused-ring (bicyclic) bond motifs is 1. The highest BCUT2D eigenvalue weighted by atomic mass is 16.2. The zero-order valence-corrected chi connectivity index (χ0v) is 17.1. The van der Waals surface area contributed by atoms with Crippen LogP contribution in [0.25, 0.3) is 0 Å². The summed E-state index contributed by atoms with van der Waals surface area (Å²) in [5.41, 5.74) is 4.84. The van der Waals surface area contributed by atoms with Crippen LogP contribution >= 0.6 is 0 Å². The second kappa shape index (κ2) is 8.46. The molecule has 1 aliphatic heterocycles. The fourth-order valence-corrected chi connectivity index (χ4v) is 3.62. The van der Waals surface area contributed by atoms with Gasteiger partial charge >= 0.3 is 0 Å². The number of nitrogens with one attached hydrogen (secondary N) is 2. The van der Waals surface area contributed by atoms with Gasteiger partial charge in [-0.1, -0.05) is 37.6 Å². The minimum Gasteiger partial charge on any atom is -0.371 e. The Kier molecular flexibility index (Phi) is 6.02. The number of aryl methyl sites for hydroxylation is 1. The van der Waals surface area contributed by atoms with Gasteiger partial charge in [0.05, 0.1) is 0 Å². The van der Waals surface area contributed by atoms with Gasteiger partial charge in [0, 0.05) is 30.0 Å². The monoisotopic (exact) mass is 379 g/mol. The Hall–Kier alpha value is -2.82. The van der Waals surface area contributed by atoms with Crippen LogP contribution in [0, 0.1) is 12.8 Å². The molecule has 2 N–H and O–H groups in total. The Balaban J connectivity index is 1.72. The summed E-state index contributed by atoms with van der Waals surface area (Å²) in [6.07, 6.45) is 1.04. The van der Waals surface area contributed by atoms with E-state index in [1.807, 2.05) is 51.1 Å². The van der Waals surface area contributed by atoms with E-state index in [0.717, 1.165) is 30.8 Å². The fourth-order valence-electron chi connectivity index (χ4n) is 3.62. The maximum absolute atomic E-state index is 12.9. The summed E-state index contributed by atoms with van der Waals surface area (Å²) in [6, 6.07) is 12.8. The zero-order chi connectivity index (χ0) is 20.3. The Bertz CT molecular complexity index is 876. The Morgan fingerprint density at radius 2 is 1.93 bits per heavy atom. The van der Waals surface area contributed by atoms with Crippen LogP contribution in [-0.2, 0) is 11.2 Å². The first-order chi connectivity index (χ1) is 13.4. The summed E-state index contributed by atoms with van der Waals surface area (Å²) in [5.74, 6) is -0.462. The van der Waals surface area contributed by atoms with E-state index >= 15 is 0 Å². The van der Waals surface area contributed by atoms with Crippen LogP contribution < -0.4 is 15.5 Å². The highest BCUT2D eigenvalue weighted by Crippen LogP contribution is 2.30. The normalized spacial score (nSPS) is 14.0. The lowest BCUT2D eigenvalue weighted by molar-refractivity contribution is -0.118. The van der Waals surface area contributed by atoms with E-state index in [9.17, 15) is 9.59 Å². The minimum absolute atomic E-state index is 0.0321. The Morgan fingerprint density at radius 1 is 1.14 bits per heavy atom. The minimum atomic E-state index is -0.608. The van der Waals surface area contributed by atoms with E-state index in [1.54, 1.807) is 6.07 Å². The van der Waals surface area contributed by atoms with E-state index in [-0.39, 0.29) is 17.7 Å². The molecular weight excluding hydrogens is 350 g/mol. The van der Waals surface area contributed by atoms with Crippen LogP contribution in [-0.4, -0.2) is 30.9 Å². The van der Waals surface area contributed by atoms with E-state index in [2.05, 4.69) is 28.5 Å². The molecule has 0 spiro atoms. The molecule has 2 aromatic carbocycles. The van der Waals surface area contributed by atoms with Gasteiger partial charge < -0.3 is 15.5 Å². The van der Waals surface area contributed by atoms with Gasteiger partial charge in [-0.2, -0.15) is 0 Å². The van der Waals surface area contributed by atoms with E-state index in [1.165, 1.54) is 11.3 Å². The van der Waals surface area contributed by atoms with Crippen LogP contribution in [0.4, 0.5) is 11.4 Å². The van der Waals surface area contributed by atoms with E-state index in [0.29, 0.717) is 5.56 Å². The summed E-state index contributed by atoms with van der Waals surface area (Å²) < 4.78 is 0. The standard InChI is InChI=1S/C23H29N3O2/c1-5-26-12-11-17-9-10-19(14-20(17)26)24-23(28)21(15(2)3)25-22(27)18-8-6-7-16(4)13-18/h6-10,13-15,21H,5,11-12H2,1-4H3,(H,24,28)(H,25,27).